The number of aromatic nitrogens is 4. The molecule has 1 amide bonds. The summed E-state index contributed by atoms with van der Waals surface area (Å²) in [7, 11) is 5.67. The van der Waals surface area contributed by atoms with Crippen molar-refractivity contribution in [2.24, 2.45) is 7.05 Å². The molecular formula is C25H32N6O2. The lowest BCUT2D eigenvalue weighted by Gasteiger charge is -2.30. The Bertz CT molecular complexity index is 1160. The maximum atomic E-state index is 12.8. The molecule has 8 heteroatoms. The number of carbonyl (C=O) groups is 1. The number of benzene rings is 1. The topological polar surface area (TPSA) is 76.4 Å². The van der Waals surface area contributed by atoms with Gasteiger partial charge in [-0.25, -0.2) is 9.97 Å². The van der Waals surface area contributed by atoms with E-state index >= 15 is 0 Å². The van der Waals surface area contributed by atoms with E-state index in [1.807, 2.05) is 47.9 Å². The van der Waals surface area contributed by atoms with Crippen molar-refractivity contribution in [2.45, 2.75) is 46.2 Å². The first-order valence-electron chi connectivity index (χ1n) is 11.3. The number of methoxy groups -OCH3 is 1. The summed E-state index contributed by atoms with van der Waals surface area (Å²) in [6.07, 6.45) is 3.83. The van der Waals surface area contributed by atoms with Crippen molar-refractivity contribution in [3.8, 4) is 5.75 Å². The van der Waals surface area contributed by atoms with Crippen LogP contribution in [0, 0.1) is 13.8 Å². The second-order valence-corrected chi connectivity index (χ2v) is 8.73. The minimum atomic E-state index is 0.119. The molecule has 0 spiro atoms. The van der Waals surface area contributed by atoms with Gasteiger partial charge in [-0.05, 0) is 51.4 Å². The Hall–Kier alpha value is -3.26. The van der Waals surface area contributed by atoms with Crippen LogP contribution >= 0.6 is 0 Å². The molecule has 0 N–H and O–H groups in total. The average molecular weight is 449 g/mol. The molecule has 0 aliphatic carbocycles. The second kappa shape index (κ2) is 9.70. The van der Waals surface area contributed by atoms with E-state index < -0.39 is 0 Å². The smallest absolute Gasteiger partial charge is 0.228 e. The zero-order chi connectivity index (χ0) is 23.5. The van der Waals surface area contributed by atoms with Gasteiger partial charge in [-0.1, -0.05) is 12.1 Å². The molecule has 0 radical (unpaired) electrons. The van der Waals surface area contributed by atoms with Crippen molar-refractivity contribution in [3.05, 3.63) is 64.4 Å². The van der Waals surface area contributed by atoms with Crippen LogP contribution in [0.4, 0.5) is 5.82 Å². The Morgan fingerprint density at radius 1 is 1.15 bits per heavy atom. The van der Waals surface area contributed by atoms with E-state index in [-0.39, 0.29) is 5.91 Å². The van der Waals surface area contributed by atoms with Crippen LogP contribution in [0.15, 0.2) is 30.5 Å². The number of aryl methyl sites for hydroxylation is 2. The minimum Gasteiger partial charge on any atom is -0.497 e. The SMILES string of the molecule is COc1cccc(CCN2C(=O)CCc3c(C)nc(CN(C)Cc4cnn(C)c4C)nc32)c1. The number of fused-ring (bicyclic) bond motifs is 1. The average Bonchev–Trinajstić information content (AvgIpc) is 3.10. The fourth-order valence-electron chi connectivity index (χ4n) is 4.30. The van der Waals surface area contributed by atoms with Crippen LogP contribution in [0.1, 0.15) is 40.3 Å². The number of carbonyl (C=O) groups excluding carboxylic acids is 1. The van der Waals surface area contributed by atoms with E-state index in [1.54, 1.807) is 7.11 Å². The summed E-state index contributed by atoms with van der Waals surface area (Å²) < 4.78 is 7.22. The summed E-state index contributed by atoms with van der Waals surface area (Å²) >= 11 is 0. The summed E-state index contributed by atoms with van der Waals surface area (Å²) in [5.41, 5.74) is 5.50. The molecule has 0 unspecified atom stereocenters. The highest BCUT2D eigenvalue weighted by Crippen LogP contribution is 2.28. The number of rotatable bonds is 8. The van der Waals surface area contributed by atoms with Crippen molar-refractivity contribution < 1.29 is 9.53 Å². The second-order valence-electron chi connectivity index (χ2n) is 8.73. The van der Waals surface area contributed by atoms with Crippen LogP contribution in [0.25, 0.3) is 0 Å². The van der Waals surface area contributed by atoms with Gasteiger partial charge >= 0.3 is 0 Å². The number of hydrogen-bond acceptors (Lipinski definition) is 6. The molecule has 33 heavy (non-hydrogen) atoms. The third-order valence-electron chi connectivity index (χ3n) is 6.33. The van der Waals surface area contributed by atoms with E-state index in [9.17, 15) is 4.79 Å². The van der Waals surface area contributed by atoms with Crippen LogP contribution in [-0.2, 0) is 37.8 Å². The van der Waals surface area contributed by atoms with Crippen molar-refractivity contribution in [1.29, 1.82) is 0 Å². The van der Waals surface area contributed by atoms with Gasteiger partial charge in [0.2, 0.25) is 5.91 Å². The molecule has 1 aromatic carbocycles. The molecule has 8 nitrogen and oxygen atoms in total. The Morgan fingerprint density at radius 3 is 2.70 bits per heavy atom. The van der Waals surface area contributed by atoms with Crippen molar-refractivity contribution in [1.82, 2.24) is 24.6 Å². The first-order chi connectivity index (χ1) is 15.9. The highest BCUT2D eigenvalue weighted by atomic mass is 16.5. The third kappa shape index (κ3) is 5.06. The van der Waals surface area contributed by atoms with E-state index in [0.29, 0.717) is 25.9 Å². The summed E-state index contributed by atoms with van der Waals surface area (Å²) in [5.74, 6) is 2.44. The predicted molar refractivity (Wildman–Crippen MR) is 127 cm³/mol. The Labute approximate surface area is 195 Å². The van der Waals surface area contributed by atoms with E-state index in [0.717, 1.165) is 52.9 Å². The molecule has 174 valence electrons. The molecule has 3 heterocycles. The van der Waals surface area contributed by atoms with Gasteiger partial charge in [0.15, 0.2) is 0 Å². The quantitative estimate of drug-likeness (QED) is 0.527. The van der Waals surface area contributed by atoms with Gasteiger partial charge in [-0.3, -0.25) is 19.3 Å². The number of anilines is 1. The fraction of sp³-hybridized carbons (Fsp3) is 0.440. The summed E-state index contributed by atoms with van der Waals surface area (Å²) in [4.78, 5) is 26.5. The Morgan fingerprint density at radius 2 is 1.97 bits per heavy atom. The van der Waals surface area contributed by atoms with E-state index in [2.05, 4.69) is 30.0 Å². The molecule has 1 aliphatic heterocycles. The van der Waals surface area contributed by atoms with E-state index in [1.165, 1.54) is 5.56 Å². The van der Waals surface area contributed by atoms with E-state index in [4.69, 9.17) is 14.7 Å². The number of ether oxygens (including phenoxy) is 1. The third-order valence-corrected chi connectivity index (χ3v) is 6.33. The first-order valence-corrected chi connectivity index (χ1v) is 11.3. The molecule has 0 saturated carbocycles. The van der Waals surface area contributed by atoms with Crippen LogP contribution in [0.5, 0.6) is 5.75 Å². The predicted octanol–water partition coefficient (Wildman–Crippen LogP) is 2.99. The van der Waals surface area contributed by atoms with Gasteiger partial charge in [0, 0.05) is 49.1 Å². The summed E-state index contributed by atoms with van der Waals surface area (Å²) in [5, 5.41) is 4.33. The van der Waals surface area contributed by atoms with Crippen molar-refractivity contribution in [3.63, 3.8) is 0 Å². The lowest BCUT2D eigenvalue weighted by Crippen LogP contribution is -2.38. The lowest BCUT2D eigenvalue weighted by atomic mass is 10.0. The van der Waals surface area contributed by atoms with Gasteiger partial charge in [-0.15, -0.1) is 0 Å². The van der Waals surface area contributed by atoms with Gasteiger partial charge < -0.3 is 4.74 Å². The number of hydrogen-bond donors (Lipinski definition) is 0. The molecule has 0 saturated heterocycles. The van der Waals surface area contributed by atoms with Gasteiger partial charge in [-0.2, -0.15) is 5.10 Å². The molecule has 4 rings (SSSR count). The zero-order valence-corrected chi connectivity index (χ0v) is 20.1. The molecule has 3 aromatic rings. The van der Waals surface area contributed by atoms with Gasteiger partial charge in [0.05, 0.1) is 19.9 Å². The lowest BCUT2D eigenvalue weighted by molar-refractivity contribution is -0.118. The van der Waals surface area contributed by atoms with Crippen LogP contribution in [-0.4, -0.2) is 51.3 Å². The highest BCUT2D eigenvalue weighted by Gasteiger charge is 2.28. The van der Waals surface area contributed by atoms with Gasteiger partial charge in [0.1, 0.15) is 17.4 Å². The van der Waals surface area contributed by atoms with Crippen molar-refractivity contribution in [2.75, 3.05) is 25.6 Å². The minimum absolute atomic E-state index is 0.119. The number of nitrogens with zero attached hydrogens (tertiary/aromatic N) is 6. The first kappa shape index (κ1) is 22.9. The van der Waals surface area contributed by atoms with Crippen molar-refractivity contribution >= 4 is 11.7 Å². The van der Waals surface area contributed by atoms with Crippen LogP contribution < -0.4 is 9.64 Å². The van der Waals surface area contributed by atoms with Crippen LogP contribution in [0.2, 0.25) is 0 Å². The standard InChI is InChI=1S/C25H32N6O2/c1-17-22-9-10-24(32)31(12-11-19-7-6-8-21(13-19)33-5)25(22)28-23(27-17)16-29(3)15-20-14-26-30(4)18(20)2/h6-8,13-14H,9-12,15-16H2,1-5H3. The zero-order valence-electron chi connectivity index (χ0n) is 20.1. The molecule has 0 atom stereocenters. The Balaban J connectivity index is 1.52. The summed E-state index contributed by atoms with van der Waals surface area (Å²) in [6, 6.07) is 7.98. The molecular weight excluding hydrogens is 416 g/mol. The molecule has 1 aliphatic rings. The molecule has 2 aromatic heterocycles. The molecule has 0 fully saturated rings. The van der Waals surface area contributed by atoms with Crippen LogP contribution in [0.3, 0.4) is 0 Å². The van der Waals surface area contributed by atoms with Gasteiger partial charge in [0.25, 0.3) is 0 Å². The maximum absolute atomic E-state index is 12.8. The normalized spacial score (nSPS) is 13.5. The monoisotopic (exact) mass is 448 g/mol. The Kier molecular flexibility index (Phi) is 6.74. The largest absolute Gasteiger partial charge is 0.497 e. The fourth-order valence-corrected chi connectivity index (χ4v) is 4.30. The molecule has 0 bridgehead atoms. The number of amides is 1. The summed E-state index contributed by atoms with van der Waals surface area (Å²) in [6.45, 7) is 6.03. The maximum Gasteiger partial charge on any atom is 0.228 e. The highest BCUT2D eigenvalue weighted by molar-refractivity contribution is 5.95.